The number of nitrogens with zero attached hydrogens (tertiary/aromatic N) is 1. The first-order valence-corrected chi connectivity index (χ1v) is 15.0. The number of aromatic nitrogens is 1. The second-order valence-electron chi connectivity index (χ2n) is 11.1. The molecule has 1 atom stereocenters. The van der Waals surface area contributed by atoms with Crippen LogP contribution in [0.25, 0.3) is 28.3 Å². The van der Waals surface area contributed by atoms with Gasteiger partial charge in [0.15, 0.2) is 5.78 Å². The fourth-order valence-electron chi connectivity index (χ4n) is 5.26. The Morgan fingerprint density at radius 1 is 0.917 bits per heavy atom. The van der Waals surface area contributed by atoms with Gasteiger partial charge in [-0.25, -0.2) is 4.39 Å². The molecule has 12 heteroatoms. The number of ketones is 1. The van der Waals surface area contributed by atoms with Gasteiger partial charge in [0.2, 0.25) is 0 Å². The zero-order valence-electron chi connectivity index (χ0n) is 26.4. The summed E-state index contributed by atoms with van der Waals surface area (Å²) in [6.07, 6.45) is -4.14. The van der Waals surface area contributed by atoms with Gasteiger partial charge in [-0.3, -0.25) is 14.4 Å². The number of aliphatic hydroxyl groups excluding tert-OH is 1. The molecule has 2 N–H and O–H groups in total. The summed E-state index contributed by atoms with van der Waals surface area (Å²) in [5.74, 6) is -2.65. The van der Waals surface area contributed by atoms with Crippen LogP contribution < -0.4 is 10.1 Å². The van der Waals surface area contributed by atoms with Crippen LogP contribution in [0.15, 0.2) is 84.9 Å². The van der Waals surface area contributed by atoms with Crippen LogP contribution in [0.4, 0.5) is 17.6 Å². The summed E-state index contributed by atoms with van der Waals surface area (Å²) < 4.78 is 62.8. The Hall–Kier alpha value is -5.23. The van der Waals surface area contributed by atoms with Crippen LogP contribution in [0.2, 0.25) is 0 Å². The van der Waals surface area contributed by atoms with Gasteiger partial charge < -0.3 is 24.5 Å². The number of alkyl halides is 3. The number of carbonyl (C=O) groups is 3. The SMILES string of the molecule is COC(=O)C[C@H](O)CC(=O)/C=C/c1c(-c2ccc(F)cc2)c(-c2ccccc2)c(C(=O)NCc2cccc(OC(F)(F)F)c2)n1C(C)C. The van der Waals surface area contributed by atoms with E-state index in [0.29, 0.717) is 33.5 Å². The number of esters is 1. The highest BCUT2D eigenvalue weighted by Gasteiger charge is 2.32. The lowest BCUT2D eigenvalue weighted by molar-refractivity contribution is -0.274. The average molecular weight is 667 g/mol. The Labute approximate surface area is 274 Å². The van der Waals surface area contributed by atoms with Crippen molar-refractivity contribution in [2.75, 3.05) is 7.11 Å². The van der Waals surface area contributed by atoms with Crippen molar-refractivity contribution in [2.24, 2.45) is 0 Å². The van der Waals surface area contributed by atoms with Crippen LogP contribution >= 0.6 is 0 Å². The predicted molar refractivity (Wildman–Crippen MR) is 171 cm³/mol. The summed E-state index contributed by atoms with van der Waals surface area (Å²) in [5.41, 5.74) is 3.13. The predicted octanol–water partition coefficient (Wildman–Crippen LogP) is 7.27. The summed E-state index contributed by atoms with van der Waals surface area (Å²) in [4.78, 5) is 38.6. The van der Waals surface area contributed by atoms with Crippen LogP contribution in [-0.2, 0) is 20.9 Å². The van der Waals surface area contributed by atoms with Crippen LogP contribution in [0, 0.1) is 5.82 Å². The summed E-state index contributed by atoms with van der Waals surface area (Å²) in [5, 5.41) is 13.0. The molecule has 4 aromatic rings. The number of methoxy groups -OCH3 is 1. The second kappa shape index (κ2) is 15.6. The highest BCUT2D eigenvalue weighted by molar-refractivity contribution is 6.07. The Bertz CT molecular complexity index is 1780. The van der Waals surface area contributed by atoms with E-state index in [1.54, 1.807) is 53.1 Å². The Morgan fingerprint density at radius 2 is 1.58 bits per heavy atom. The maximum Gasteiger partial charge on any atom is 0.573 e. The minimum atomic E-state index is -4.88. The molecule has 0 fully saturated rings. The number of hydrogen-bond donors (Lipinski definition) is 2. The minimum absolute atomic E-state index is 0.140. The molecule has 4 rings (SSSR count). The average Bonchev–Trinajstić information content (AvgIpc) is 3.38. The number of aliphatic hydroxyl groups is 1. The molecule has 3 aromatic carbocycles. The van der Waals surface area contributed by atoms with Crippen LogP contribution in [0.3, 0.4) is 0 Å². The number of nitrogens with one attached hydrogen (secondary N) is 1. The molecule has 0 aliphatic carbocycles. The van der Waals surface area contributed by atoms with E-state index in [4.69, 9.17) is 0 Å². The highest BCUT2D eigenvalue weighted by Crippen LogP contribution is 2.42. The van der Waals surface area contributed by atoms with Gasteiger partial charge in [0.1, 0.15) is 17.3 Å². The number of ether oxygens (including phenoxy) is 2. The van der Waals surface area contributed by atoms with E-state index in [1.807, 2.05) is 13.8 Å². The van der Waals surface area contributed by atoms with Gasteiger partial charge in [-0.2, -0.15) is 0 Å². The lowest BCUT2D eigenvalue weighted by Gasteiger charge is -2.17. The van der Waals surface area contributed by atoms with Crippen molar-refractivity contribution in [3.05, 3.63) is 108 Å². The topological polar surface area (TPSA) is 107 Å². The third-order valence-corrected chi connectivity index (χ3v) is 7.25. The molecule has 252 valence electrons. The standard InChI is InChI=1S/C36H34F4N2O6/c1-22(2)42-30(17-16-27(43)19-28(44)20-31(45)47-3)32(25-12-14-26(37)15-13-25)33(24-9-5-4-6-10-24)34(42)35(46)41-21-23-8-7-11-29(18-23)48-36(38,39)40/h4-18,22,28,44H,19-21H2,1-3H3,(H,41,46)/b17-16+/t28-/m1/s1. The largest absolute Gasteiger partial charge is 0.573 e. The molecule has 0 saturated carbocycles. The van der Waals surface area contributed by atoms with E-state index in [0.717, 1.165) is 6.07 Å². The van der Waals surface area contributed by atoms with Crippen molar-refractivity contribution < 1.29 is 46.5 Å². The molecule has 1 heterocycles. The van der Waals surface area contributed by atoms with Gasteiger partial charge in [-0.1, -0.05) is 54.6 Å². The second-order valence-corrected chi connectivity index (χ2v) is 11.1. The summed E-state index contributed by atoms with van der Waals surface area (Å²) in [6, 6.07) is 19.5. The number of amides is 1. The molecule has 0 saturated heterocycles. The molecule has 8 nitrogen and oxygen atoms in total. The lowest BCUT2D eigenvalue weighted by Crippen LogP contribution is -2.27. The molecule has 0 aliphatic heterocycles. The molecule has 48 heavy (non-hydrogen) atoms. The molecule has 1 amide bonds. The van der Waals surface area contributed by atoms with Crippen LogP contribution in [0.1, 0.15) is 54.5 Å². The first-order chi connectivity index (χ1) is 22.8. The van der Waals surface area contributed by atoms with Crippen molar-refractivity contribution in [3.63, 3.8) is 0 Å². The summed E-state index contributed by atoms with van der Waals surface area (Å²) in [7, 11) is 1.17. The van der Waals surface area contributed by atoms with Crippen molar-refractivity contribution in [2.45, 2.75) is 51.7 Å². The van der Waals surface area contributed by atoms with Gasteiger partial charge >= 0.3 is 12.3 Å². The smallest absolute Gasteiger partial charge is 0.469 e. The fraction of sp³-hybridized carbons (Fsp3) is 0.250. The normalized spacial score (nSPS) is 12.3. The fourth-order valence-corrected chi connectivity index (χ4v) is 5.26. The van der Waals surface area contributed by atoms with E-state index in [9.17, 15) is 37.1 Å². The van der Waals surface area contributed by atoms with Gasteiger partial charge in [0.05, 0.1) is 25.3 Å². The minimum Gasteiger partial charge on any atom is -0.469 e. The maximum atomic E-state index is 14.1. The van der Waals surface area contributed by atoms with E-state index in [1.165, 1.54) is 43.5 Å². The van der Waals surface area contributed by atoms with Crippen molar-refractivity contribution in [3.8, 4) is 28.0 Å². The first-order valence-electron chi connectivity index (χ1n) is 15.0. The molecular weight excluding hydrogens is 632 g/mol. The number of rotatable bonds is 13. The third kappa shape index (κ3) is 9.19. The molecular formula is C36H34F4N2O6. The number of allylic oxidation sites excluding steroid dienone is 1. The van der Waals surface area contributed by atoms with Gasteiger partial charge in [0.25, 0.3) is 5.91 Å². The quantitative estimate of drug-likeness (QED) is 0.0884. The van der Waals surface area contributed by atoms with Crippen LogP contribution in [-0.4, -0.2) is 46.9 Å². The monoisotopic (exact) mass is 666 g/mol. The molecule has 0 radical (unpaired) electrons. The van der Waals surface area contributed by atoms with Gasteiger partial charge in [0, 0.05) is 30.1 Å². The summed E-state index contributed by atoms with van der Waals surface area (Å²) >= 11 is 0. The maximum absolute atomic E-state index is 14.1. The highest BCUT2D eigenvalue weighted by atomic mass is 19.4. The molecule has 0 aliphatic rings. The lowest BCUT2D eigenvalue weighted by atomic mass is 9.94. The zero-order chi connectivity index (χ0) is 35.0. The van der Waals surface area contributed by atoms with Crippen molar-refractivity contribution >= 4 is 23.7 Å². The molecule has 0 bridgehead atoms. The molecule has 0 spiro atoms. The van der Waals surface area contributed by atoms with E-state index < -0.39 is 41.7 Å². The van der Waals surface area contributed by atoms with Crippen LogP contribution in [0.5, 0.6) is 5.75 Å². The first kappa shape index (κ1) is 35.6. The van der Waals surface area contributed by atoms with E-state index in [2.05, 4.69) is 14.8 Å². The number of halogens is 4. The molecule has 1 aromatic heterocycles. The van der Waals surface area contributed by atoms with E-state index in [-0.39, 0.29) is 31.1 Å². The zero-order valence-corrected chi connectivity index (χ0v) is 26.4. The Morgan fingerprint density at radius 3 is 2.21 bits per heavy atom. The van der Waals surface area contributed by atoms with Gasteiger partial charge in [-0.15, -0.1) is 13.2 Å². The van der Waals surface area contributed by atoms with E-state index >= 15 is 0 Å². The Balaban J connectivity index is 1.85. The molecule has 0 unspecified atom stereocenters. The summed E-state index contributed by atoms with van der Waals surface area (Å²) in [6.45, 7) is 3.52. The van der Waals surface area contributed by atoms with Crippen molar-refractivity contribution in [1.82, 2.24) is 9.88 Å². The Kier molecular flexibility index (Phi) is 11.6. The third-order valence-electron chi connectivity index (χ3n) is 7.25. The number of hydrogen-bond acceptors (Lipinski definition) is 6. The van der Waals surface area contributed by atoms with Crippen molar-refractivity contribution in [1.29, 1.82) is 0 Å². The number of benzene rings is 3. The number of carbonyl (C=O) groups excluding carboxylic acids is 3. The van der Waals surface area contributed by atoms with Gasteiger partial charge in [-0.05, 0) is 67.0 Å².